The van der Waals surface area contributed by atoms with Gasteiger partial charge in [0, 0.05) is 11.6 Å². The van der Waals surface area contributed by atoms with Crippen LogP contribution in [0.3, 0.4) is 0 Å². The van der Waals surface area contributed by atoms with E-state index in [4.69, 9.17) is 10.5 Å². The molecule has 0 unspecified atom stereocenters. The Kier molecular flexibility index (Phi) is 4.65. The van der Waals surface area contributed by atoms with Crippen molar-refractivity contribution in [3.05, 3.63) is 24.0 Å². The number of nitrogens with zero attached hydrogens (tertiary/aromatic N) is 3. The molecule has 0 fully saturated rings. The topological polar surface area (TPSA) is 109 Å². The molecule has 0 amide bonds. The molecule has 0 aliphatic carbocycles. The van der Waals surface area contributed by atoms with Gasteiger partial charge in [-0.2, -0.15) is 5.10 Å². The quantitative estimate of drug-likeness (QED) is 0.848. The Bertz CT molecular complexity index is 733. The van der Waals surface area contributed by atoms with Gasteiger partial charge in [0.2, 0.25) is 0 Å². The summed E-state index contributed by atoms with van der Waals surface area (Å²) in [6.07, 6.45) is 2.75. The Balaban J connectivity index is 2.23. The highest BCUT2D eigenvalue weighted by molar-refractivity contribution is 5.85. The number of rotatable bonds is 3. The monoisotopic (exact) mass is 320 g/mol. The lowest BCUT2D eigenvalue weighted by atomic mass is 10.1. The highest BCUT2D eigenvalue weighted by Gasteiger charge is 2.21. The molecule has 2 heterocycles. The van der Waals surface area contributed by atoms with E-state index < -0.39 is 23.7 Å². The SMILES string of the molecule is COC(=O)[C@H](N)Cc1cnc2c(cnn2C(=O)OC(C)(C)C)c1. The lowest BCUT2D eigenvalue weighted by Gasteiger charge is -2.18. The van der Waals surface area contributed by atoms with Gasteiger partial charge < -0.3 is 15.2 Å². The number of pyridine rings is 1. The summed E-state index contributed by atoms with van der Waals surface area (Å²) in [6.45, 7) is 5.32. The fourth-order valence-electron chi connectivity index (χ4n) is 2.01. The molecule has 2 rings (SSSR count). The molecule has 0 radical (unpaired) electrons. The standard InChI is InChI=1S/C15H20N4O4/c1-15(2,3)23-14(21)19-12-10(8-18-19)5-9(7-17-12)6-11(16)13(20)22-4/h5,7-8,11H,6,16H2,1-4H3/t11-/m1/s1. The first kappa shape index (κ1) is 16.9. The molecule has 124 valence electrons. The average Bonchev–Trinajstić information content (AvgIpc) is 2.87. The summed E-state index contributed by atoms with van der Waals surface area (Å²) >= 11 is 0. The zero-order valence-corrected chi connectivity index (χ0v) is 13.6. The van der Waals surface area contributed by atoms with E-state index in [9.17, 15) is 9.59 Å². The zero-order chi connectivity index (χ0) is 17.2. The maximum absolute atomic E-state index is 12.1. The summed E-state index contributed by atoms with van der Waals surface area (Å²) < 4.78 is 11.0. The van der Waals surface area contributed by atoms with Gasteiger partial charge in [0.05, 0.1) is 13.3 Å². The van der Waals surface area contributed by atoms with Crippen LogP contribution in [0, 0.1) is 0 Å². The number of aromatic nitrogens is 3. The molecular formula is C15H20N4O4. The number of esters is 1. The zero-order valence-electron chi connectivity index (χ0n) is 13.6. The predicted molar refractivity (Wildman–Crippen MR) is 82.9 cm³/mol. The molecular weight excluding hydrogens is 300 g/mol. The van der Waals surface area contributed by atoms with Crippen LogP contribution in [0.4, 0.5) is 4.79 Å². The van der Waals surface area contributed by atoms with Gasteiger partial charge in [-0.15, -0.1) is 4.68 Å². The second-order valence-corrected chi connectivity index (χ2v) is 6.13. The largest absolute Gasteiger partial charge is 0.468 e. The van der Waals surface area contributed by atoms with Crippen molar-refractivity contribution in [2.45, 2.75) is 38.8 Å². The smallest absolute Gasteiger partial charge is 0.437 e. The van der Waals surface area contributed by atoms with Gasteiger partial charge >= 0.3 is 12.1 Å². The van der Waals surface area contributed by atoms with Crippen LogP contribution < -0.4 is 5.73 Å². The van der Waals surface area contributed by atoms with Crippen LogP contribution >= 0.6 is 0 Å². The highest BCUT2D eigenvalue weighted by atomic mass is 16.6. The van der Waals surface area contributed by atoms with Crippen LogP contribution in [0.15, 0.2) is 18.5 Å². The van der Waals surface area contributed by atoms with Crippen LogP contribution in [-0.4, -0.2) is 45.6 Å². The molecule has 0 aliphatic rings. The molecule has 2 aromatic heterocycles. The molecule has 0 aromatic carbocycles. The van der Waals surface area contributed by atoms with E-state index in [1.54, 1.807) is 33.0 Å². The number of hydrogen-bond acceptors (Lipinski definition) is 7. The van der Waals surface area contributed by atoms with E-state index in [2.05, 4.69) is 14.8 Å². The van der Waals surface area contributed by atoms with Crippen molar-refractivity contribution in [2.24, 2.45) is 5.73 Å². The average molecular weight is 320 g/mol. The highest BCUT2D eigenvalue weighted by Crippen LogP contribution is 2.16. The molecule has 0 saturated carbocycles. The Morgan fingerprint density at radius 3 is 2.65 bits per heavy atom. The Hall–Kier alpha value is -2.48. The minimum atomic E-state index is -0.764. The van der Waals surface area contributed by atoms with Crippen molar-refractivity contribution in [2.75, 3.05) is 7.11 Å². The molecule has 0 bridgehead atoms. The predicted octanol–water partition coefficient (Wildman–Crippen LogP) is 1.26. The number of carbonyl (C=O) groups is 2. The third-order valence-corrected chi connectivity index (χ3v) is 2.99. The van der Waals surface area contributed by atoms with Crippen molar-refractivity contribution >= 4 is 23.1 Å². The summed E-state index contributed by atoms with van der Waals surface area (Å²) in [4.78, 5) is 27.7. The summed E-state index contributed by atoms with van der Waals surface area (Å²) in [5.74, 6) is -0.491. The molecule has 8 heteroatoms. The molecule has 1 atom stereocenters. The Morgan fingerprint density at radius 1 is 1.35 bits per heavy atom. The van der Waals surface area contributed by atoms with E-state index in [0.717, 1.165) is 10.2 Å². The summed E-state index contributed by atoms with van der Waals surface area (Å²) in [5.41, 5.74) is 6.24. The lowest BCUT2D eigenvalue weighted by molar-refractivity contribution is -0.142. The maximum Gasteiger partial charge on any atom is 0.437 e. The fraction of sp³-hybridized carbons (Fsp3) is 0.467. The van der Waals surface area contributed by atoms with E-state index in [-0.39, 0.29) is 6.42 Å². The Morgan fingerprint density at radius 2 is 2.04 bits per heavy atom. The third kappa shape index (κ3) is 4.04. The number of nitrogens with two attached hydrogens (primary N) is 1. The first-order valence-electron chi connectivity index (χ1n) is 7.10. The van der Waals surface area contributed by atoms with Crippen molar-refractivity contribution in [1.29, 1.82) is 0 Å². The molecule has 0 spiro atoms. The van der Waals surface area contributed by atoms with Gasteiger partial charge in [-0.1, -0.05) is 0 Å². The van der Waals surface area contributed by atoms with E-state index in [0.29, 0.717) is 11.0 Å². The van der Waals surface area contributed by atoms with Gasteiger partial charge in [0.25, 0.3) is 0 Å². The van der Waals surface area contributed by atoms with E-state index in [1.807, 2.05) is 0 Å². The first-order chi connectivity index (χ1) is 10.7. The Labute approximate surface area is 133 Å². The van der Waals surface area contributed by atoms with Crippen LogP contribution in [0.25, 0.3) is 11.0 Å². The fourth-order valence-corrected chi connectivity index (χ4v) is 2.01. The number of hydrogen-bond donors (Lipinski definition) is 1. The van der Waals surface area contributed by atoms with Gasteiger partial charge in [0.15, 0.2) is 5.65 Å². The number of methoxy groups -OCH3 is 1. The number of fused-ring (bicyclic) bond motifs is 1. The van der Waals surface area contributed by atoms with Gasteiger partial charge in [-0.3, -0.25) is 4.79 Å². The molecule has 2 N–H and O–H groups in total. The molecule has 0 aliphatic heterocycles. The van der Waals surface area contributed by atoms with Crippen LogP contribution in [0.1, 0.15) is 26.3 Å². The van der Waals surface area contributed by atoms with Gasteiger partial charge in [0.1, 0.15) is 11.6 Å². The lowest BCUT2D eigenvalue weighted by Crippen LogP contribution is -2.33. The normalized spacial score (nSPS) is 12.9. The number of ether oxygens (including phenoxy) is 2. The summed E-state index contributed by atoms with van der Waals surface area (Å²) in [5, 5.41) is 4.67. The van der Waals surface area contributed by atoms with Crippen molar-refractivity contribution in [1.82, 2.24) is 14.8 Å². The minimum absolute atomic E-state index is 0.285. The van der Waals surface area contributed by atoms with E-state index >= 15 is 0 Å². The van der Waals surface area contributed by atoms with E-state index in [1.165, 1.54) is 13.3 Å². The van der Waals surface area contributed by atoms with Gasteiger partial charge in [-0.05, 0) is 38.8 Å². The summed E-state index contributed by atoms with van der Waals surface area (Å²) in [7, 11) is 1.29. The van der Waals surface area contributed by atoms with Gasteiger partial charge in [-0.25, -0.2) is 9.78 Å². The number of carbonyl (C=O) groups excluding carboxylic acids is 2. The maximum atomic E-state index is 12.1. The second-order valence-electron chi connectivity index (χ2n) is 6.13. The van der Waals surface area contributed by atoms with Crippen LogP contribution in [-0.2, 0) is 20.7 Å². The third-order valence-electron chi connectivity index (χ3n) is 2.99. The summed E-state index contributed by atoms with van der Waals surface area (Å²) in [6, 6.07) is 1.01. The molecule has 8 nitrogen and oxygen atoms in total. The van der Waals surface area contributed by atoms with Crippen LogP contribution in [0.2, 0.25) is 0 Å². The van der Waals surface area contributed by atoms with Crippen LogP contribution in [0.5, 0.6) is 0 Å². The minimum Gasteiger partial charge on any atom is -0.468 e. The molecule has 0 saturated heterocycles. The van der Waals surface area contributed by atoms with Crippen molar-refractivity contribution < 1.29 is 19.1 Å². The van der Waals surface area contributed by atoms with Crippen molar-refractivity contribution in [3.63, 3.8) is 0 Å². The molecule has 23 heavy (non-hydrogen) atoms. The van der Waals surface area contributed by atoms with Crippen molar-refractivity contribution in [3.8, 4) is 0 Å². The second kappa shape index (κ2) is 6.33. The first-order valence-corrected chi connectivity index (χ1v) is 7.10. The molecule has 2 aromatic rings.